The molecule has 0 unspecified atom stereocenters. The van der Waals surface area contributed by atoms with Crippen molar-refractivity contribution < 1.29 is 4.74 Å². The third kappa shape index (κ3) is 3.53. The smallest absolute Gasteiger partial charge is 0.225 e. The maximum absolute atomic E-state index is 5.42. The first-order chi connectivity index (χ1) is 6.72. The van der Waals surface area contributed by atoms with Gasteiger partial charge in [-0.15, -0.1) is 0 Å². The van der Waals surface area contributed by atoms with Crippen LogP contribution in [0.4, 0.5) is 11.9 Å². The zero-order valence-corrected chi connectivity index (χ0v) is 8.23. The molecule has 0 fully saturated rings. The van der Waals surface area contributed by atoms with Gasteiger partial charge in [0.05, 0.1) is 0 Å². The van der Waals surface area contributed by atoms with Crippen LogP contribution in [0, 0.1) is 0 Å². The Morgan fingerprint density at radius 1 is 1.14 bits per heavy atom. The first kappa shape index (κ1) is 10.6. The van der Waals surface area contributed by atoms with Gasteiger partial charge in [-0.2, -0.15) is 15.0 Å². The number of nitrogens with two attached hydrogens (primary N) is 2. The Morgan fingerprint density at radius 2 is 1.79 bits per heavy atom. The van der Waals surface area contributed by atoms with Crippen molar-refractivity contribution in [3.8, 4) is 0 Å². The van der Waals surface area contributed by atoms with Crippen molar-refractivity contribution in [1.82, 2.24) is 15.0 Å². The van der Waals surface area contributed by atoms with Crippen LogP contribution in [0.5, 0.6) is 0 Å². The molecule has 6 nitrogen and oxygen atoms in total. The Hall–Kier alpha value is -1.43. The molecule has 1 heterocycles. The summed E-state index contributed by atoms with van der Waals surface area (Å²) in [5.74, 6) is 0.961. The monoisotopic (exact) mass is 197 g/mol. The van der Waals surface area contributed by atoms with Gasteiger partial charge in [-0.1, -0.05) is 0 Å². The summed E-state index contributed by atoms with van der Waals surface area (Å²) in [7, 11) is 0. The summed E-state index contributed by atoms with van der Waals surface area (Å²) in [5, 5.41) is 0. The van der Waals surface area contributed by atoms with Gasteiger partial charge in [-0.05, 0) is 13.3 Å². The van der Waals surface area contributed by atoms with Crippen LogP contribution in [0.15, 0.2) is 0 Å². The van der Waals surface area contributed by atoms with Gasteiger partial charge in [0.1, 0.15) is 5.82 Å². The van der Waals surface area contributed by atoms with Crippen molar-refractivity contribution in [2.75, 3.05) is 24.7 Å². The maximum atomic E-state index is 5.42. The highest BCUT2D eigenvalue weighted by Crippen LogP contribution is 2.01. The minimum absolute atomic E-state index is 0.170. The average molecular weight is 197 g/mol. The second-order valence-electron chi connectivity index (χ2n) is 2.77. The normalized spacial score (nSPS) is 10.4. The number of ether oxygens (including phenoxy) is 1. The molecule has 0 spiro atoms. The van der Waals surface area contributed by atoms with Gasteiger partial charge in [0, 0.05) is 19.6 Å². The first-order valence-electron chi connectivity index (χ1n) is 4.56. The Morgan fingerprint density at radius 3 is 2.36 bits per heavy atom. The quantitative estimate of drug-likeness (QED) is 0.645. The molecule has 6 heteroatoms. The van der Waals surface area contributed by atoms with E-state index in [0.717, 1.165) is 13.0 Å². The number of anilines is 2. The van der Waals surface area contributed by atoms with Crippen LogP contribution >= 0.6 is 0 Å². The summed E-state index contributed by atoms with van der Waals surface area (Å²) in [4.78, 5) is 11.6. The minimum atomic E-state index is 0.170. The van der Waals surface area contributed by atoms with Crippen molar-refractivity contribution in [3.05, 3.63) is 5.82 Å². The molecule has 0 saturated carbocycles. The van der Waals surface area contributed by atoms with E-state index in [1.807, 2.05) is 6.92 Å². The number of nitrogens with zero attached hydrogens (tertiary/aromatic N) is 3. The largest absolute Gasteiger partial charge is 0.382 e. The highest BCUT2D eigenvalue weighted by atomic mass is 16.5. The Kier molecular flexibility index (Phi) is 4.06. The lowest BCUT2D eigenvalue weighted by Crippen LogP contribution is -2.07. The van der Waals surface area contributed by atoms with Gasteiger partial charge in [0.2, 0.25) is 11.9 Å². The number of rotatable bonds is 5. The van der Waals surface area contributed by atoms with Crippen LogP contribution < -0.4 is 11.5 Å². The van der Waals surface area contributed by atoms with Crippen molar-refractivity contribution in [1.29, 1.82) is 0 Å². The van der Waals surface area contributed by atoms with E-state index in [0.29, 0.717) is 18.9 Å². The Balaban J connectivity index is 2.42. The number of nitrogen functional groups attached to an aromatic ring is 2. The summed E-state index contributed by atoms with van der Waals surface area (Å²) in [6, 6.07) is 0. The van der Waals surface area contributed by atoms with Crippen molar-refractivity contribution in [3.63, 3.8) is 0 Å². The summed E-state index contributed by atoms with van der Waals surface area (Å²) >= 11 is 0. The number of aromatic nitrogens is 3. The Labute approximate surface area is 82.7 Å². The molecule has 0 aromatic carbocycles. The fourth-order valence-corrected chi connectivity index (χ4v) is 1.05. The lowest BCUT2D eigenvalue weighted by molar-refractivity contribution is 0.145. The standard InChI is InChI=1S/C8H15N5O/c1-2-14-5-3-4-6-11-7(9)13-8(10)12-6/h2-5H2,1H3,(H4,9,10,11,12,13). The molecule has 0 saturated heterocycles. The van der Waals surface area contributed by atoms with Crippen molar-refractivity contribution >= 4 is 11.9 Å². The molecule has 1 aromatic heterocycles. The summed E-state index contributed by atoms with van der Waals surface area (Å²) in [6.45, 7) is 3.38. The molecular weight excluding hydrogens is 182 g/mol. The van der Waals surface area contributed by atoms with E-state index >= 15 is 0 Å². The first-order valence-corrected chi connectivity index (χ1v) is 4.56. The molecule has 0 bridgehead atoms. The van der Waals surface area contributed by atoms with Gasteiger partial charge < -0.3 is 16.2 Å². The third-order valence-corrected chi connectivity index (χ3v) is 1.61. The fraction of sp³-hybridized carbons (Fsp3) is 0.625. The number of aryl methyl sites for hydroxylation is 1. The van der Waals surface area contributed by atoms with Gasteiger partial charge >= 0.3 is 0 Å². The molecule has 0 aliphatic carbocycles. The molecule has 0 atom stereocenters. The average Bonchev–Trinajstić information content (AvgIpc) is 2.11. The zero-order valence-electron chi connectivity index (χ0n) is 8.23. The molecule has 4 N–H and O–H groups in total. The van der Waals surface area contributed by atoms with E-state index in [2.05, 4.69) is 15.0 Å². The number of hydrogen-bond donors (Lipinski definition) is 2. The van der Waals surface area contributed by atoms with Crippen LogP contribution in [0.25, 0.3) is 0 Å². The third-order valence-electron chi connectivity index (χ3n) is 1.61. The highest BCUT2D eigenvalue weighted by molar-refractivity contribution is 5.25. The van der Waals surface area contributed by atoms with Crippen LogP contribution in [0.2, 0.25) is 0 Å². The second-order valence-corrected chi connectivity index (χ2v) is 2.77. The molecular formula is C8H15N5O. The van der Waals surface area contributed by atoms with E-state index in [1.165, 1.54) is 0 Å². The molecule has 0 amide bonds. The van der Waals surface area contributed by atoms with Crippen molar-refractivity contribution in [2.24, 2.45) is 0 Å². The minimum Gasteiger partial charge on any atom is -0.382 e. The van der Waals surface area contributed by atoms with Gasteiger partial charge in [0.25, 0.3) is 0 Å². The van der Waals surface area contributed by atoms with Gasteiger partial charge in [-0.3, -0.25) is 0 Å². The molecule has 0 aliphatic heterocycles. The summed E-state index contributed by atoms with van der Waals surface area (Å²) < 4.78 is 5.18. The summed E-state index contributed by atoms with van der Waals surface area (Å²) in [5.41, 5.74) is 10.8. The van der Waals surface area contributed by atoms with Crippen LogP contribution in [-0.2, 0) is 11.2 Å². The number of hydrogen-bond acceptors (Lipinski definition) is 6. The zero-order chi connectivity index (χ0) is 10.4. The highest BCUT2D eigenvalue weighted by Gasteiger charge is 2.01. The Bertz CT molecular complexity index is 271. The van der Waals surface area contributed by atoms with E-state index in [-0.39, 0.29) is 11.9 Å². The fourth-order valence-electron chi connectivity index (χ4n) is 1.05. The van der Waals surface area contributed by atoms with Gasteiger partial charge in [0.15, 0.2) is 0 Å². The van der Waals surface area contributed by atoms with E-state index in [1.54, 1.807) is 0 Å². The van der Waals surface area contributed by atoms with Crippen LogP contribution in [0.3, 0.4) is 0 Å². The van der Waals surface area contributed by atoms with Crippen LogP contribution in [0.1, 0.15) is 19.2 Å². The lowest BCUT2D eigenvalue weighted by atomic mass is 10.3. The topological polar surface area (TPSA) is 99.9 Å². The second kappa shape index (κ2) is 5.33. The van der Waals surface area contributed by atoms with Gasteiger partial charge in [-0.25, -0.2) is 0 Å². The molecule has 0 radical (unpaired) electrons. The molecule has 78 valence electrons. The molecule has 0 aliphatic rings. The predicted molar refractivity (Wildman–Crippen MR) is 53.5 cm³/mol. The van der Waals surface area contributed by atoms with Crippen molar-refractivity contribution in [2.45, 2.75) is 19.8 Å². The predicted octanol–water partition coefficient (Wildman–Crippen LogP) is 0.00510. The SMILES string of the molecule is CCOCCCc1nc(N)nc(N)n1. The molecule has 1 rings (SSSR count). The van der Waals surface area contributed by atoms with E-state index < -0.39 is 0 Å². The summed E-state index contributed by atoms with van der Waals surface area (Å²) in [6.07, 6.45) is 1.56. The van der Waals surface area contributed by atoms with E-state index in [9.17, 15) is 0 Å². The van der Waals surface area contributed by atoms with Crippen LogP contribution in [-0.4, -0.2) is 28.2 Å². The van der Waals surface area contributed by atoms with E-state index in [4.69, 9.17) is 16.2 Å². The maximum Gasteiger partial charge on any atom is 0.225 e. The molecule has 1 aromatic rings. The molecule has 14 heavy (non-hydrogen) atoms. The lowest BCUT2D eigenvalue weighted by Gasteiger charge is -2.02.